The third-order valence-electron chi connectivity index (χ3n) is 5.35. The molecule has 1 aliphatic carbocycles. The van der Waals surface area contributed by atoms with E-state index in [1.54, 1.807) is 0 Å². The lowest BCUT2D eigenvalue weighted by atomic mass is 9.92. The summed E-state index contributed by atoms with van der Waals surface area (Å²) in [6, 6.07) is 8.43. The Balaban J connectivity index is 1.62. The van der Waals surface area contributed by atoms with E-state index in [1.165, 1.54) is 0 Å². The Morgan fingerprint density at radius 1 is 1.07 bits per heavy atom. The van der Waals surface area contributed by atoms with E-state index in [0.29, 0.717) is 35.8 Å². The predicted molar refractivity (Wildman–Crippen MR) is 108 cm³/mol. The monoisotopic (exact) mass is 366 g/mol. The van der Waals surface area contributed by atoms with Crippen LogP contribution < -0.4 is 22.5 Å². The maximum Gasteiger partial charge on any atom is 0.226 e. The van der Waals surface area contributed by atoms with Gasteiger partial charge in [0.1, 0.15) is 5.82 Å². The van der Waals surface area contributed by atoms with Gasteiger partial charge in [-0.25, -0.2) is 4.98 Å². The minimum Gasteiger partial charge on any atom is -0.398 e. The molecule has 8 nitrogen and oxygen atoms in total. The minimum atomic E-state index is 0.307. The second-order valence-electron chi connectivity index (χ2n) is 7.32. The first-order chi connectivity index (χ1) is 13.0. The number of para-hydroxylation sites is 1. The van der Waals surface area contributed by atoms with Crippen LogP contribution in [0.2, 0.25) is 0 Å². The number of fused-ring (bicyclic) bond motifs is 1. The predicted octanol–water partition coefficient (Wildman–Crippen LogP) is 1.80. The number of rotatable bonds is 4. The Labute approximate surface area is 158 Å². The number of nitrogens with zero attached hydrogens (tertiary/aromatic N) is 4. The molecule has 0 atom stereocenters. The first-order valence-corrected chi connectivity index (χ1v) is 9.35. The third kappa shape index (κ3) is 3.52. The summed E-state index contributed by atoms with van der Waals surface area (Å²) in [7, 11) is 1.94. The molecule has 0 aliphatic heterocycles. The SMILES string of the molecule is Cn1c(Cc2ccccc2N)nc2c(N)nc(NC3CCC(N)CC3)nc21. The van der Waals surface area contributed by atoms with Crippen LogP contribution in [0.25, 0.3) is 11.2 Å². The third-order valence-corrected chi connectivity index (χ3v) is 5.35. The van der Waals surface area contributed by atoms with Gasteiger partial charge in [0.25, 0.3) is 0 Å². The van der Waals surface area contributed by atoms with Gasteiger partial charge in [-0.05, 0) is 37.3 Å². The van der Waals surface area contributed by atoms with Crippen LogP contribution in [0.4, 0.5) is 17.5 Å². The molecule has 0 radical (unpaired) electrons. The normalized spacial score (nSPS) is 20.1. The van der Waals surface area contributed by atoms with E-state index < -0.39 is 0 Å². The first kappa shape index (κ1) is 17.5. The Hall–Kier alpha value is -2.87. The molecule has 0 unspecified atom stereocenters. The summed E-state index contributed by atoms with van der Waals surface area (Å²) < 4.78 is 1.96. The summed E-state index contributed by atoms with van der Waals surface area (Å²) >= 11 is 0. The molecule has 0 saturated heterocycles. The molecule has 4 rings (SSSR count). The smallest absolute Gasteiger partial charge is 0.226 e. The largest absolute Gasteiger partial charge is 0.398 e. The zero-order chi connectivity index (χ0) is 19.0. The zero-order valence-electron chi connectivity index (χ0n) is 15.5. The summed E-state index contributed by atoms with van der Waals surface area (Å²) in [5, 5.41) is 3.41. The Morgan fingerprint density at radius 2 is 1.81 bits per heavy atom. The van der Waals surface area contributed by atoms with Crippen LogP contribution in [0.15, 0.2) is 24.3 Å². The summed E-state index contributed by atoms with van der Waals surface area (Å²) in [6.45, 7) is 0. The van der Waals surface area contributed by atoms with Crippen LogP contribution in [0, 0.1) is 0 Å². The van der Waals surface area contributed by atoms with E-state index in [9.17, 15) is 0 Å². The molecule has 0 spiro atoms. The number of aromatic nitrogens is 4. The minimum absolute atomic E-state index is 0.307. The highest BCUT2D eigenvalue weighted by Crippen LogP contribution is 2.25. The Morgan fingerprint density at radius 3 is 2.56 bits per heavy atom. The lowest BCUT2D eigenvalue weighted by Crippen LogP contribution is -2.33. The van der Waals surface area contributed by atoms with Crippen molar-refractivity contribution in [2.24, 2.45) is 12.8 Å². The lowest BCUT2D eigenvalue weighted by molar-refractivity contribution is 0.410. The molecule has 0 bridgehead atoms. The quantitative estimate of drug-likeness (QED) is 0.517. The number of nitrogens with two attached hydrogens (primary N) is 3. The fourth-order valence-electron chi connectivity index (χ4n) is 3.66. The van der Waals surface area contributed by atoms with Gasteiger partial charge in [0.2, 0.25) is 5.95 Å². The molecular formula is C19H26N8. The Bertz CT molecular complexity index is 956. The Kier molecular flexibility index (Phi) is 4.57. The fraction of sp³-hybridized carbons (Fsp3) is 0.421. The molecule has 1 aliphatic rings. The van der Waals surface area contributed by atoms with Crippen molar-refractivity contribution in [2.45, 2.75) is 44.2 Å². The second kappa shape index (κ2) is 7.03. The van der Waals surface area contributed by atoms with Gasteiger partial charge < -0.3 is 27.1 Å². The van der Waals surface area contributed by atoms with Crippen LogP contribution >= 0.6 is 0 Å². The van der Waals surface area contributed by atoms with Crippen LogP contribution in [0.3, 0.4) is 0 Å². The van der Waals surface area contributed by atoms with Crippen molar-refractivity contribution < 1.29 is 0 Å². The van der Waals surface area contributed by atoms with Crippen LogP contribution in [-0.4, -0.2) is 31.6 Å². The maximum absolute atomic E-state index is 6.18. The fourth-order valence-corrected chi connectivity index (χ4v) is 3.66. The molecule has 1 saturated carbocycles. The molecule has 2 heterocycles. The molecular weight excluding hydrogens is 340 g/mol. The van der Waals surface area contributed by atoms with Crippen molar-refractivity contribution in [3.63, 3.8) is 0 Å². The molecule has 3 aromatic rings. The van der Waals surface area contributed by atoms with Crippen LogP contribution in [0.5, 0.6) is 0 Å². The van der Waals surface area contributed by atoms with E-state index in [4.69, 9.17) is 17.2 Å². The van der Waals surface area contributed by atoms with E-state index in [2.05, 4.69) is 20.3 Å². The van der Waals surface area contributed by atoms with Gasteiger partial charge in [-0.1, -0.05) is 18.2 Å². The van der Waals surface area contributed by atoms with Crippen molar-refractivity contribution in [3.8, 4) is 0 Å². The number of imidazole rings is 1. The number of anilines is 3. The van der Waals surface area contributed by atoms with E-state index >= 15 is 0 Å². The van der Waals surface area contributed by atoms with Crippen molar-refractivity contribution in [1.82, 2.24) is 19.5 Å². The summed E-state index contributed by atoms with van der Waals surface area (Å²) in [4.78, 5) is 13.7. The molecule has 8 heteroatoms. The van der Waals surface area contributed by atoms with E-state index in [1.807, 2.05) is 35.9 Å². The van der Waals surface area contributed by atoms with E-state index in [0.717, 1.165) is 48.4 Å². The lowest BCUT2D eigenvalue weighted by Gasteiger charge is -2.26. The molecule has 1 aromatic carbocycles. The zero-order valence-corrected chi connectivity index (χ0v) is 15.5. The topological polar surface area (TPSA) is 134 Å². The molecule has 7 N–H and O–H groups in total. The van der Waals surface area contributed by atoms with Gasteiger partial charge in [-0.15, -0.1) is 0 Å². The number of benzene rings is 1. The summed E-state index contributed by atoms with van der Waals surface area (Å²) in [5.74, 6) is 1.79. The van der Waals surface area contributed by atoms with Crippen LogP contribution in [-0.2, 0) is 13.5 Å². The van der Waals surface area contributed by atoms with Gasteiger partial charge in [-0.2, -0.15) is 9.97 Å². The molecule has 1 fully saturated rings. The average Bonchev–Trinajstić information content (AvgIpc) is 2.96. The molecule has 142 valence electrons. The summed E-state index contributed by atoms with van der Waals surface area (Å²) in [6.07, 6.45) is 4.69. The number of hydrogen-bond donors (Lipinski definition) is 4. The molecule has 0 amide bonds. The van der Waals surface area contributed by atoms with Crippen molar-refractivity contribution >= 4 is 28.6 Å². The van der Waals surface area contributed by atoms with Gasteiger partial charge in [0.15, 0.2) is 17.0 Å². The van der Waals surface area contributed by atoms with Crippen molar-refractivity contribution in [2.75, 3.05) is 16.8 Å². The highest BCUT2D eigenvalue weighted by Gasteiger charge is 2.21. The van der Waals surface area contributed by atoms with Crippen molar-refractivity contribution in [3.05, 3.63) is 35.7 Å². The average molecular weight is 366 g/mol. The highest BCUT2D eigenvalue weighted by atomic mass is 15.2. The van der Waals surface area contributed by atoms with Crippen LogP contribution in [0.1, 0.15) is 37.1 Å². The van der Waals surface area contributed by atoms with Crippen molar-refractivity contribution in [1.29, 1.82) is 0 Å². The van der Waals surface area contributed by atoms with Gasteiger partial charge in [0, 0.05) is 31.2 Å². The number of nitrogens with one attached hydrogen (secondary N) is 1. The van der Waals surface area contributed by atoms with E-state index in [-0.39, 0.29) is 0 Å². The number of nitrogen functional groups attached to an aromatic ring is 2. The number of aryl methyl sites for hydroxylation is 1. The second-order valence-corrected chi connectivity index (χ2v) is 7.32. The standard InChI is InChI=1S/C19H26N8/c1-27-15(10-11-4-2-3-5-14(11)21)24-16-17(22)25-19(26-18(16)27)23-13-8-6-12(20)7-9-13/h2-5,12-13H,6-10,20-21H2,1H3,(H3,22,23,25,26). The van der Waals surface area contributed by atoms with Gasteiger partial charge >= 0.3 is 0 Å². The maximum atomic E-state index is 6.18. The first-order valence-electron chi connectivity index (χ1n) is 9.35. The van der Waals surface area contributed by atoms with Gasteiger partial charge in [0.05, 0.1) is 0 Å². The molecule has 27 heavy (non-hydrogen) atoms. The number of hydrogen-bond acceptors (Lipinski definition) is 7. The van der Waals surface area contributed by atoms with Gasteiger partial charge in [-0.3, -0.25) is 0 Å². The highest BCUT2D eigenvalue weighted by molar-refractivity contribution is 5.83. The molecule has 2 aromatic heterocycles. The summed E-state index contributed by atoms with van der Waals surface area (Å²) in [5.41, 5.74) is 21.4.